The summed E-state index contributed by atoms with van der Waals surface area (Å²) >= 11 is 5.93. The molecule has 0 aliphatic carbocycles. The van der Waals surface area contributed by atoms with Gasteiger partial charge in [0.05, 0.1) is 6.04 Å². The van der Waals surface area contributed by atoms with Crippen LogP contribution in [0.1, 0.15) is 45.1 Å². The van der Waals surface area contributed by atoms with E-state index in [1.54, 1.807) is 24.3 Å². The number of rotatable bonds is 12. The number of hydrogen-bond acceptors (Lipinski definition) is 6. The van der Waals surface area contributed by atoms with Crippen LogP contribution in [-0.2, 0) is 25.7 Å². The molecule has 1 saturated heterocycles. The average molecular weight is 541 g/mol. The number of amides is 3. The van der Waals surface area contributed by atoms with E-state index in [-0.39, 0.29) is 32.1 Å². The minimum atomic E-state index is -1.39. The zero-order valence-corrected chi connectivity index (χ0v) is 21.7. The summed E-state index contributed by atoms with van der Waals surface area (Å²) in [7, 11) is 0. The Balaban J connectivity index is 1.97. The van der Waals surface area contributed by atoms with Gasteiger partial charge >= 0.3 is 6.09 Å². The summed E-state index contributed by atoms with van der Waals surface area (Å²) in [5.41, 5.74) is 4.51. The minimum Gasteiger partial charge on any atom is -0.445 e. The summed E-state index contributed by atoms with van der Waals surface area (Å²) in [6.07, 6.45) is 0.587. The van der Waals surface area contributed by atoms with Crippen molar-refractivity contribution in [1.82, 2.24) is 20.9 Å². The molecular weight excluding hydrogens is 507 g/mol. The summed E-state index contributed by atoms with van der Waals surface area (Å²) in [4.78, 5) is 52.0. The molecule has 37 heavy (non-hydrogen) atoms. The molecule has 1 aromatic carbocycles. The smallest absolute Gasteiger partial charge is 0.408 e. The Labute approximate surface area is 220 Å². The van der Waals surface area contributed by atoms with Crippen molar-refractivity contribution in [2.24, 2.45) is 5.73 Å². The van der Waals surface area contributed by atoms with Gasteiger partial charge in [-0.15, -0.1) is 0 Å². The number of benzene rings is 1. The van der Waals surface area contributed by atoms with E-state index in [1.807, 2.05) is 0 Å². The van der Waals surface area contributed by atoms with Gasteiger partial charge in [-0.05, 0) is 57.2 Å². The fourth-order valence-corrected chi connectivity index (χ4v) is 4.18. The molecule has 13 heteroatoms. The summed E-state index contributed by atoms with van der Waals surface area (Å²) < 4.78 is 18.3. The van der Waals surface area contributed by atoms with E-state index < -0.39 is 48.0 Å². The first-order valence-corrected chi connectivity index (χ1v) is 12.3. The first kappa shape index (κ1) is 29.8. The SMILES string of the molecule is CC(C)(NC(=O)OCc1cccc(Cl)c1)C(=O)N1CCC[C@H]1C(=O)N[C@@H](CCCNC(=N)N)C(=O)CF. The van der Waals surface area contributed by atoms with Crippen LogP contribution in [0.2, 0.25) is 5.02 Å². The number of nitrogens with one attached hydrogen (secondary N) is 4. The monoisotopic (exact) mass is 540 g/mol. The predicted octanol–water partition coefficient (Wildman–Crippen LogP) is 1.62. The van der Waals surface area contributed by atoms with Crippen LogP contribution in [-0.4, -0.2) is 71.9 Å². The second kappa shape index (κ2) is 13.8. The number of guanidine groups is 1. The third-order valence-corrected chi connectivity index (χ3v) is 6.08. The van der Waals surface area contributed by atoms with Crippen LogP contribution in [0.5, 0.6) is 0 Å². The Kier molecular flexibility index (Phi) is 11.1. The van der Waals surface area contributed by atoms with Crippen molar-refractivity contribution in [2.45, 2.75) is 63.8 Å². The van der Waals surface area contributed by atoms with E-state index >= 15 is 0 Å². The molecule has 1 aromatic rings. The van der Waals surface area contributed by atoms with Crippen LogP contribution in [0.15, 0.2) is 24.3 Å². The van der Waals surface area contributed by atoms with Crippen molar-refractivity contribution < 1.29 is 28.3 Å². The summed E-state index contributed by atoms with van der Waals surface area (Å²) in [6.45, 7) is 2.28. The molecule has 2 rings (SSSR count). The molecule has 204 valence electrons. The topological polar surface area (TPSA) is 167 Å². The number of ether oxygens (including phenoxy) is 1. The quantitative estimate of drug-likeness (QED) is 0.152. The summed E-state index contributed by atoms with van der Waals surface area (Å²) in [6, 6.07) is 4.86. The molecule has 0 radical (unpaired) electrons. The van der Waals surface area contributed by atoms with Crippen molar-refractivity contribution in [2.75, 3.05) is 19.8 Å². The Morgan fingerprint density at radius 1 is 1.32 bits per heavy atom. The number of nitrogens with zero attached hydrogens (tertiary/aromatic N) is 1. The van der Waals surface area contributed by atoms with Gasteiger partial charge in [0.15, 0.2) is 11.7 Å². The van der Waals surface area contributed by atoms with Crippen LogP contribution < -0.4 is 21.7 Å². The van der Waals surface area contributed by atoms with Crippen molar-refractivity contribution >= 4 is 41.3 Å². The summed E-state index contributed by atoms with van der Waals surface area (Å²) in [5.74, 6) is -2.08. The van der Waals surface area contributed by atoms with Gasteiger partial charge in [-0.2, -0.15) is 0 Å². The standard InChI is InChI=1S/C24H34ClFN6O5/c1-24(2,31-23(36)37-14-15-6-3-7-16(25)12-15)21(35)32-11-5-9-18(32)20(34)30-17(19(33)13-26)8-4-10-29-22(27)28/h3,6-7,12,17-18H,4-5,8-11,13-14H2,1-2H3,(H,30,34)(H,31,36)(H4,27,28,29)/t17-,18-/m0/s1. The largest absolute Gasteiger partial charge is 0.445 e. The Hall–Kier alpha value is -3.41. The number of likely N-dealkylation sites (tertiary alicyclic amines) is 1. The van der Waals surface area contributed by atoms with E-state index in [0.717, 1.165) is 0 Å². The first-order valence-electron chi connectivity index (χ1n) is 11.9. The molecule has 3 amide bonds. The van der Waals surface area contributed by atoms with Crippen molar-refractivity contribution in [1.29, 1.82) is 5.41 Å². The minimum absolute atomic E-state index is 0.0443. The molecule has 1 fully saturated rings. The third kappa shape index (κ3) is 9.19. The van der Waals surface area contributed by atoms with Crippen LogP contribution in [0.4, 0.5) is 9.18 Å². The lowest BCUT2D eigenvalue weighted by Crippen LogP contribution is -2.59. The maximum Gasteiger partial charge on any atom is 0.408 e. The average Bonchev–Trinajstić information content (AvgIpc) is 3.33. The lowest BCUT2D eigenvalue weighted by atomic mass is 10.0. The molecule has 1 heterocycles. The second-order valence-corrected chi connectivity index (χ2v) is 9.69. The highest BCUT2D eigenvalue weighted by Crippen LogP contribution is 2.22. The summed E-state index contributed by atoms with van der Waals surface area (Å²) in [5, 5.41) is 15.3. The molecule has 6 N–H and O–H groups in total. The molecule has 0 unspecified atom stereocenters. The van der Waals surface area contributed by atoms with Gasteiger partial charge in [-0.3, -0.25) is 19.8 Å². The molecule has 0 spiro atoms. The highest BCUT2D eigenvalue weighted by molar-refractivity contribution is 6.30. The zero-order valence-electron chi connectivity index (χ0n) is 20.9. The molecule has 0 bridgehead atoms. The number of hydrogen-bond donors (Lipinski definition) is 5. The van der Waals surface area contributed by atoms with Gasteiger partial charge < -0.3 is 31.3 Å². The van der Waals surface area contributed by atoms with E-state index in [9.17, 15) is 23.6 Å². The molecule has 2 atom stereocenters. The maximum atomic E-state index is 13.3. The molecule has 0 saturated carbocycles. The van der Waals surface area contributed by atoms with Crippen LogP contribution in [0, 0.1) is 5.41 Å². The van der Waals surface area contributed by atoms with Gasteiger partial charge in [0.25, 0.3) is 0 Å². The van der Waals surface area contributed by atoms with E-state index in [4.69, 9.17) is 27.5 Å². The highest BCUT2D eigenvalue weighted by atomic mass is 35.5. The fraction of sp³-hybridized carbons (Fsp3) is 0.542. The van der Waals surface area contributed by atoms with Gasteiger partial charge in [0.2, 0.25) is 11.8 Å². The zero-order chi connectivity index (χ0) is 27.6. The van der Waals surface area contributed by atoms with Crippen LogP contribution >= 0.6 is 11.6 Å². The van der Waals surface area contributed by atoms with Gasteiger partial charge in [-0.25, -0.2) is 9.18 Å². The Bertz CT molecular complexity index is 1010. The van der Waals surface area contributed by atoms with Gasteiger partial charge in [0.1, 0.15) is 24.9 Å². The predicted molar refractivity (Wildman–Crippen MR) is 136 cm³/mol. The maximum absolute atomic E-state index is 13.3. The van der Waals surface area contributed by atoms with Crippen molar-refractivity contribution in [3.05, 3.63) is 34.9 Å². The van der Waals surface area contributed by atoms with Crippen molar-refractivity contribution in [3.63, 3.8) is 0 Å². The van der Waals surface area contributed by atoms with Gasteiger partial charge in [-0.1, -0.05) is 23.7 Å². The molecule has 11 nitrogen and oxygen atoms in total. The van der Waals surface area contributed by atoms with Crippen molar-refractivity contribution in [3.8, 4) is 0 Å². The van der Waals surface area contributed by atoms with E-state index in [1.165, 1.54) is 18.7 Å². The highest BCUT2D eigenvalue weighted by Gasteiger charge is 2.42. The number of alkyl halides is 1. The first-order chi connectivity index (χ1) is 17.4. The van der Waals surface area contributed by atoms with Gasteiger partial charge in [0, 0.05) is 18.1 Å². The number of halogens is 2. The lowest BCUT2D eigenvalue weighted by Gasteiger charge is -2.33. The van der Waals surface area contributed by atoms with E-state index in [2.05, 4.69) is 16.0 Å². The molecular formula is C24H34ClFN6O5. The number of ketones is 1. The lowest BCUT2D eigenvalue weighted by molar-refractivity contribution is -0.143. The molecule has 1 aliphatic rings. The fourth-order valence-electron chi connectivity index (χ4n) is 3.97. The van der Waals surface area contributed by atoms with E-state index in [0.29, 0.717) is 29.8 Å². The molecule has 0 aromatic heterocycles. The number of carbonyl (C=O) groups is 4. The number of alkyl carbamates (subject to hydrolysis) is 1. The van der Waals surface area contributed by atoms with Crippen LogP contribution in [0.3, 0.4) is 0 Å². The number of nitrogens with two attached hydrogens (primary N) is 1. The third-order valence-electron chi connectivity index (χ3n) is 5.85. The number of Topliss-reactive ketones (excluding diaryl/α,β-unsaturated/α-hetero) is 1. The molecule has 1 aliphatic heterocycles. The number of carbonyl (C=O) groups excluding carboxylic acids is 4. The second-order valence-electron chi connectivity index (χ2n) is 9.26. The Morgan fingerprint density at radius 2 is 2.05 bits per heavy atom. The Morgan fingerprint density at radius 3 is 2.70 bits per heavy atom. The normalized spacial score (nSPS) is 16.0. The van der Waals surface area contributed by atoms with Crippen LogP contribution in [0.25, 0.3) is 0 Å².